The summed E-state index contributed by atoms with van der Waals surface area (Å²) < 4.78 is 26.1. The van der Waals surface area contributed by atoms with Gasteiger partial charge in [-0.25, -0.2) is 8.78 Å². The molecule has 0 saturated heterocycles. The lowest BCUT2D eigenvalue weighted by Crippen LogP contribution is -1.93. The minimum atomic E-state index is -0.423. The normalized spacial score (nSPS) is 16.2. The summed E-state index contributed by atoms with van der Waals surface area (Å²) >= 11 is 1.64. The molecule has 13 heavy (non-hydrogen) atoms. The lowest BCUT2D eigenvalue weighted by molar-refractivity contribution is 0.566. The molecule has 0 amide bonds. The van der Waals surface area contributed by atoms with E-state index < -0.39 is 11.6 Å². The molecule has 3 heteroatoms. The van der Waals surface area contributed by atoms with Crippen LogP contribution in [-0.4, -0.2) is 5.25 Å². The fraction of sp³-hybridized carbons (Fsp3) is 0.400. The van der Waals surface area contributed by atoms with E-state index in [0.717, 1.165) is 0 Å². The molecule has 1 fully saturated rings. The van der Waals surface area contributed by atoms with E-state index in [1.807, 2.05) is 0 Å². The van der Waals surface area contributed by atoms with Gasteiger partial charge in [-0.1, -0.05) is 6.07 Å². The molecule has 0 spiro atoms. The van der Waals surface area contributed by atoms with Gasteiger partial charge in [-0.15, -0.1) is 0 Å². The molecular weight excluding hydrogens is 190 g/mol. The molecule has 0 nitrogen and oxygen atoms in total. The van der Waals surface area contributed by atoms with Gasteiger partial charge in [0.05, 0.1) is 0 Å². The smallest absolute Gasteiger partial charge is 0.130 e. The number of thioether (sulfide) groups is 1. The average molecular weight is 200 g/mol. The number of hydrogen-bond acceptors (Lipinski definition) is 1. The molecule has 0 unspecified atom stereocenters. The van der Waals surface area contributed by atoms with Gasteiger partial charge in [0.15, 0.2) is 0 Å². The van der Waals surface area contributed by atoms with Crippen molar-refractivity contribution in [2.24, 2.45) is 0 Å². The van der Waals surface area contributed by atoms with Crippen molar-refractivity contribution in [1.82, 2.24) is 0 Å². The molecule has 1 aliphatic rings. The second-order valence-corrected chi connectivity index (χ2v) is 4.50. The Hall–Kier alpha value is -0.570. The molecule has 0 aromatic heterocycles. The standard InChI is InChI=1S/C10H10F2S/c11-9-2-1-3-10(12)8(9)6-13-7-4-5-7/h1-3,7H,4-6H2. The monoisotopic (exact) mass is 200 g/mol. The Morgan fingerprint density at radius 2 is 1.85 bits per heavy atom. The molecule has 0 N–H and O–H groups in total. The molecule has 0 heterocycles. The summed E-state index contributed by atoms with van der Waals surface area (Å²) in [4.78, 5) is 0. The van der Waals surface area contributed by atoms with Crippen LogP contribution in [0.2, 0.25) is 0 Å². The highest BCUT2D eigenvalue weighted by Crippen LogP contribution is 2.36. The first-order valence-electron chi connectivity index (χ1n) is 4.32. The van der Waals surface area contributed by atoms with Crippen molar-refractivity contribution < 1.29 is 8.78 Å². The Labute approximate surface area is 80.3 Å². The van der Waals surface area contributed by atoms with Gasteiger partial charge in [-0.2, -0.15) is 11.8 Å². The van der Waals surface area contributed by atoms with Crippen LogP contribution in [0.3, 0.4) is 0 Å². The molecule has 1 aromatic rings. The summed E-state index contributed by atoms with van der Waals surface area (Å²) in [5.41, 5.74) is 0.222. The largest absolute Gasteiger partial charge is 0.207 e. The van der Waals surface area contributed by atoms with E-state index in [-0.39, 0.29) is 5.56 Å². The molecule has 1 aromatic carbocycles. The van der Waals surface area contributed by atoms with E-state index in [9.17, 15) is 8.78 Å². The molecule has 0 aliphatic heterocycles. The van der Waals surface area contributed by atoms with Crippen molar-refractivity contribution in [3.05, 3.63) is 35.4 Å². The molecule has 70 valence electrons. The summed E-state index contributed by atoms with van der Waals surface area (Å²) in [6.45, 7) is 0. The summed E-state index contributed by atoms with van der Waals surface area (Å²) in [6.07, 6.45) is 2.39. The number of benzene rings is 1. The van der Waals surface area contributed by atoms with Crippen LogP contribution in [0.5, 0.6) is 0 Å². The van der Waals surface area contributed by atoms with E-state index >= 15 is 0 Å². The molecule has 1 saturated carbocycles. The fourth-order valence-electron chi connectivity index (χ4n) is 1.11. The van der Waals surface area contributed by atoms with Gasteiger partial charge in [0.2, 0.25) is 0 Å². The highest BCUT2D eigenvalue weighted by molar-refractivity contribution is 7.99. The zero-order chi connectivity index (χ0) is 9.26. The van der Waals surface area contributed by atoms with Crippen LogP contribution in [0.15, 0.2) is 18.2 Å². The molecule has 2 rings (SSSR count). The first-order valence-corrected chi connectivity index (χ1v) is 5.37. The molecule has 0 atom stereocenters. The quantitative estimate of drug-likeness (QED) is 0.721. The van der Waals surface area contributed by atoms with Gasteiger partial charge in [0, 0.05) is 16.6 Å². The third-order valence-corrected chi connectivity index (χ3v) is 3.45. The molecule has 0 bridgehead atoms. The third-order valence-electron chi connectivity index (χ3n) is 2.05. The van der Waals surface area contributed by atoms with Crippen LogP contribution in [-0.2, 0) is 5.75 Å². The average Bonchev–Trinajstić information content (AvgIpc) is 2.87. The van der Waals surface area contributed by atoms with E-state index in [4.69, 9.17) is 0 Å². The van der Waals surface area contributed by atoms with Crippen LogP contribution in [0.25, 0.3) is 0 Å². The lowest BCUT2D eigenvalue weighted by Gasteiger charge is -2.03. The summed E-state index contributed by atoms with van der Waals surface area (Å²) in [7, 11) is 0. The zero-order valence-corrected chi connectivity index (χ0v) is 7.91. The Bertz CT molecular complexity index is 288. The maximum atomic E-state index is 13.1. The van der Waals surface area contributed by atoms with E-state index in [0.29, 0.717) is 11.0 Å². The van der Waals surface area contributed by atoms with E-state index in [1.54, 1.807) is 11.8 Å². The highest BCUT2D eigenvalue weighted by atomic mass is 32.2. The molecule has 1 aliphatic carbocycles. The summed E-state index contributed by atoms with van der Waals surface area (Å²) in [5.74, 6) is -0.385. The molecule has 0 radical (unpaired) electrons. The topological polar surface area (TPSA) is 0 Å². The maximum Gasteiger partial charge on any atom is 0.130 e. The van der Waals surface area contributed by atoms with Gasteiger partial charge in [-0.3, -0.25) is 0 Å². The molecular formula is C10H10F2S. The van der Waals surface area contributed by atoms with Crippen molar-refractivity contribution in [3.63, 3.8) is 0 Å². The minimum absolute atomic E-state index is 0.222. The second kappa shape index (κ2) is 3.66. The van der Waals surface area contributed by atoms with Gasteiger partial charge in [0.25, 0.3) is 0 Å². The maximum absolute atomic E-state index is 13.1. The summed E-state index contributed by atoms with van der Waals surface area (Å²) in [5, 5.41) is 0.638. The second-order valence-electron chi connectivity index (χ2n) is 3.21. The van der Waals surface area contributed by atoms with Crippen molar-refractivity contribution in [2.75, 3.05) is 0 Å². The first-order chi connectivity index (χ1) is 6.27. The van der Waals surface area contributed by atoms with Crippen LogP contribution in [0.1, 0.15) is 18.4 Å². The third kappa shape index (κ3) is 2.21. The van der Waals surface area contributed by atoms with Crippen LogP contribution >= 0.6 is 11.8 Å². The minimum Gasteiger partial charge on any atom is -0.207 e. The predicted octanol–water partition coefficient (Wildman–Crippen LogP) is 3.36. The van der Waals surface area contributed by atoms with Crippen molar-refractivity contribution in [3.8, 4) is 0 Å². The SMILES string of the molecule is Fc1cccc(F)c1CSC1CC1. The Morgan fingerprint density at radius 1 is 1.23 bits per heavy atom. The Balaban J connectivity index is 2.07. The van der Waals surface area contributed by atoms with Crippen LogP contribution in [0, 0.1) is 11.6 Å². The number of rotatable bonds is 3. The van der Waals surface area contributed by atoms with Gasteiger partial charge in [0.1, 0.15) is 11.6 Å². The number of halogens is 2. The van der Waals surface area contributed by atoms with Crippen molar-refractivity contribution >= 4 is 11.8 Å². The van der Waals surface area contributed by atoms with Crippen LogP contribution in [0.4, 0.5) is 8.78 Å². The van der Waals surface area contributed by atoms with E-state index in [1.165, 1.54) is 31.0 Å². The van der Waals surface area contributed by atoms with E-state index in [2.05, 4.69) is 0 Å². The van der Waals surface area contributed by atoms with Crippen molar-refractivity contribution in [1.29, 1.82) is 0 Å². The van der Waals surface area contributed by atoms with Gasteiger partial charge < -0.3 is 0 Å². The lowest BCUT2D eigenvalue weighted by atomic mass is 10.2. The Morgan fingerprint density at radius 3 is 2.38 bits per heavy atom. The summed E-state index contributed by atoms with van der Waals surface area (Å²) in [6, 6.07) is 4.02. The van der Waals surface area contributed by atoms with Gasteiger partial charge in [-0.05, 0) is 25.0 Å². The Kier molecular flexibility index (Phi) is 2.54. The number of hydrogen-bond donors (Lipinski definition) is 0. The van der Waals surface area contributed by atoms with Gasteiger partial charge >= 0.3 is 0 Å². The van der Waals surface area contributed by atoms with Crippen molar-refractivity contribution in [2.45, 2.75) is 23.8 Å². The first kappa shape index (κ1) is 9.00. The fourth-order valence-corrected chi connectivity index (χ4v) is 2.25. The zero-order valence-electron chi connectivity index (χ0n) is 7.09. The highest BCUT2D eigenvalue weighted by Gasteiger charge is 2.22. The van der Waals surface area contributed by atoms with Crippen LogP contribution < -0.4 is 0 Å². The predicted molar refractivity (Wildman–Crippen MR) is 50.7 cm³/mol.